The van der Waals surface area contributed by atoms with E-state index in [9.17, 15) is 9.59 Å². The first-order chi connectivity index (χ1) is 12.0. The fourth-order valence-corrected chi connectivity index (χ4v) is 3.26. The van der Waals surface area contributed by atoms with Crippen molar-refractivity contribution in [2.45, 2.75) is 33.1 Å². The molecule has 1 amide bonds. The topological polar surface area (TPSA) is 79.0 Å². The molecule has 0 bridgehead atoms. The van der Waals surface area contributed by atoms with Gasteiger partial charge in [0.05, 0.1) is 17.5 Å². The van der Waals surface area contributed by atoms with Gasteiger partial charge in [-0.2, -0.15) is 5.10 Å². The number of carbonyl (C=O) groups excluding carboxylic acids is 2. The molecule has 25 heavy (non-hydrogen) atoms. The number of pyridine rings is 1. The molecule has 132 valence electrons. The summed E-state index contributed by atoms with van der Waals surface area (Å²) in [6.07, 6.45) is 7.41. The fourth-order valence-electron chi connectivity index (χ4n) is 3.26. The van der Waals surface area contributed by atoms with Crippen molar-refractivity contribution >= 4 is 11.7 Å². The fraction of sp³-hybridized carbons (Fsp3) is 0.474. The molecule has 0 radical (unpaired) electrons. The maximum Gasteiger partial charge on any atom is 0.255 e. The summed E-state index contributed by atoms with van der Waals surface area (Å²) in [6, 6.07) is 3.61. The van der Waals surface area contributed by atoms with Gasteiger partial charge >= 0.3 is 0 Å². The number of hydrogen-bond donors (Lipinski definition) is 1. The monoisotopic (exact) mass is 340 g/mol. The van der Waals surface area contributed by atoms with Gasteiger partial charge in [-0.05, 0) is 30.9 Å². The summed E-state index contributed by atoms with van der Waals surface area (Å²) in [5, 5.41) is 6.65. The third kappa shape index (κ3) is 4.13. The highest BCUT2D eigenvalue weighted by molar-refractivity contribution is 5.94. The largest absolute Gasteiger partial charge is 0.338 e. The van der Waals surface area contributed by atoms with Crippen LogP contribution in [0.15, 0.2) is 30.7 Å². The van der Waals surface area contributed by atoms with Crippen LogP contribution in [0.1, 0.15) is 43.5 Å². The van der Waals surface area contributed by atoms with Gasteiger partial charge in [-0.25, -0.2) is 0 Å². The molecule has 6 heteroatoms. The summed E-state index contributed by atoms with van der Waals surface area (Å²) in [5.74, 6) is 0.561. The van der Waals surface area contributed by atoms with Gasteiger partial charge in [-0.1, -0.05) is 13.8 Å². The van der Waals surface area contributed by atoms with E-state index in [1.807, 2.05) is 6.07 Å². The van der Waals surface area contributed by atoms with Crippen LogP contribution < -0.4 is 0 Å². The molecule has 1 atom stereocenters. The van der Waals surface area contributed by atoms with E-state index >= 15 is 0 Å². The zero-order valence-corrected chi connectivity index (χ0v) is 14.7. The number of Topliss-reactive ketones (excluding diaryl/α,β-unsaturated/α-hetero) is 1. The lowest BCUT2D eigenvalue weighted by Crippen LogP contribution is -2.42. The Labute approximate surface area is 147 Å². The van der Waals surface area contributed by atoms with Crippen molar-refractivity contribution in [2.24, 2.45) is 11.8 Å². The number of aromatic amines is 1. The van der Waals surface area contributed by atoms with Crippen LogP contribution in [0.5, 0.6) is 0 Å². The number of hydrogen-bond acceptors (Lipinski definition) is 4. The van der Waals surface area contributed by atoms with Gasteiger partial charge in [-0.15, -0.1) is 0 Å². The van der Waals surface area contributed by atoms with Crippen molar-refractivity contribution in [1.82, 2.24) is 20.1 Å². The van der Waals surface area contributed by atoms with Crippen LogP contribution in [0.2, 0.25) is 0 Å². The highest BCUT2D eigenvalue weighted by atomic mass is 16.2. The van der Waals surface area contributed by atoms with Gasteiger partial charge in [0.1, 0.15) is 5.78 Å². The van der Waals surface area contributed by atoms with E-state index in [0.29, 0.717) is 31.0 Å². The summed E-state index contributed by atoms with van der Waals surface area (Å²) < 4.78 is 0. The van der Waals surface area contributed by atoms with E-state index < -0.39 is 0 Å². The average molecular weight is 340 g/mol. The van der Waals surface area contributed by atoms with Crippen molar-refractivity contribution in [2.75, 3.05) is 13.1 Å². The Hall–Kier alpha value is -2.50. The van der Waals surface area contributed by atoms with Crippen LogP contribution >= 0.6 is 0 Å². The predicted octanol–water partition coefficient (Wildman–Crippen LogP) is 2.94. The van der Waals surface area contributed by atoms with E-state index in [0.717, 1.165) is 24.1 Å². The third-order valence-electron chi connectivity index (χ3n) is 4.58. The van der Waals surface area contributed by atoms with Gasteiger partial charge < -0.3 is 4.90 Å². The molecule has 1 aliphatic rings. The third-order valence-corrected chi connectivity index (χ3v) is 4.58. The Balaban J connectivity index is 1.67. The Morgan fingerprint density at radius 1 is 1.32 bits per heavy atom. The van der Waals surface area contributed by atoms with Crippen LogP contribution in [0, 0.1) is 11.8 Å². The molecule has 1 aliphatic heterocycles. The Bertz CT molecular complexity index is 722. The zero-order chi connectivity index (χ0) is 17.8. The van der Waals surface area contributed by atoms with Crippen LogP contribution in [0.4, 0.5) is 0 Å². The van der Waals surface area contributed by atoms with Crippen LogP contribution in [0.25, 0.3) is 11.3 Å². The zero-order valence-electron chi connectivity index (χ0n) is 14.7. The molecule has 6 nitrogen and oxygen atoms in total. The minimum Gasteiger partial charge on any atom is -0.338 e. The summed E-state index contributed by atoms with van der Waals surface area (Å²) in [6.45, 7) is 5.33. The number of nitrogens with one attached hydrogen (secondary N) is 1. The number of amides is 1. The average Bonchev–Trinajstić information content (AvgIpc) is 3.15. The molecule has 0 spiro atoms. The van der Waals surface area contributed by atoms with Gasteiger partial charge in [0, 0.05) is 43.4 Å². The highest BCUT2D eigenvalue weighted by Gasteiger charge is 2.29. The number of nitrogens with zero attached hydrogens (tertiary/aromatic N) is 3. The molecule has 0 aliphatic carbocycles. The van der Waals surface area contributed by atoms with Gasteiger partial charge in [0.2, 0.25) is 0 Å². The van der Waals surface area contributed by atoms with E-state index in [1.54, 1.807) is 29.6 Å². The first-order valence-corrected chi connectivity index (χ1v) is 8.81. The summed E-state index contributed by atoms with van der Waals surface area (Å²) in [5.41, 5.74) is 2.22. The van der Waals surface area contributed by atoms with E-state index in [2.05, 4.69) is 29.0 Å². The second kappa shape index (κ2) is 7.59. The lowest BCUT2D eigenvalue weighted by molar-refractivity contribution is -0.124. The van der Waals surface area contributed by atoms with Crippen molar-refractivity contribution in [3.8, 4) is 11.3 Å². The molecule has 1 N–H and O–H groups in total. The minimum absolute atomic E-state index is 0.0294. The molecule has 3 heterocycles. The first kappa shape index (κ1) is 17.3. The molecule has 1 fully saturated rings. The van der Waals surface area contributed by atoms with Crippen LogP contribution in [0.3, 0.4) is 0 Å². The summed E-state index contributed by atoms with van der Waals surface area (Å²) in [7, 11) is 0. The standard InChI is InChI=1S/C19H24N4O2/c1-13(2)8-18(24)15-4-3-7-23(12-15)19(25)14-5-6-17(20-9-14)16-10-21-22-11-16/h5-6,9-11,13,15H,3-4,7-8,12H2,1-2H3,(H,21,22). The van der Waals surface area contributed by atoms with Crippen molar-refractivity contribution in [1.29, 1.82) is 0 Å². The van der Waals surface area contributed by atoms with E-state index in [1.165, 1.54) is 0 Å². The second-order valence-corrected chi connectivity index (χ2v) is 7.07. The predicted molar refractivity (Wildman–Crippen MR) is 94.9 cm³/mol. The molecule has 0 saturated carbocycles. The number of rotatable bonds is 5. The molecule has 2 aromatic heterocycles. The summed E-state index contributed by atoms with van der Waals surface area (Å²) >= 11 is 0. The summed E-state index contributed by atoms with van der Waals surface area (Å²) in [4.78, 5) is 31.2. The molecular formula is C19H24N4O2. The Kier molecular flexibility index (Phi) is 5.26. The quantitative estimate of drug-likeness (QED) is 0.907. The van der Waals surface area contributed by atoms with Crippen LogP contribution in [-0.2, 0) is 4.79 Å². The number of piperidine rings is 1. The van der Waals surface area contributed by atoms with Crippen LogP contribution in [-0.4, -0.2) is 44.9 Å². The highest BCUT2D eigenvalue weighted by Crippen LogP contribution is 2.22. The number of ketones is 1. The number of carbonyl (C=O) groups is 2. The van der Waals surface area contributed by atoms with Gasteiger partial charge in [0.25, 0.3) is 5.91 Å². The lowest BCUT2D eigenvalue weighted by atomic mass is 9.89. The first-order valence-electron chi connectivity index (χ1n) is 8.81. The molecule has 2 aromatic rings. The minimum atomic E-state index is -0.0479. The second-order valence-electron chi connectivity index (χ2n) is 7.07. The smallest absolute Gasteiger partial charge is 0.255 e. The number of aromatic nitrogens is 3. The number of likely N-dealkylation sites (tertiary alicyclic amines) is 1. The van der Waals surface area contributed by atoms with Crippen molar-refractivity contribution in [3.05, 3.63) is 36.3 Å². The van der Waals surface area contributed by atoms with E-state index in [-0.39, 0.29) is 17.6 Å². The lowest BCUT2D eigenvalue weighted by Gasteiger charge is -2.32. The molecule has 3 rings (SSSR count). The molecule has 1 unspecified atom stereocenters. The maximum atomic E-state index is 12.7. The van der Waals surface area contributed by atoms with Crippen molar-refractivity contribution in [3.63, 3.8) is 0 Å². The molecule has 0 aromatic carbocycles. The van der Waals surface area contributed by atoms with Gasteiger partial charge in [-0.3, -0.25) is 19.7 Å². The SMILES string of the molecule is CC(C)CC(=O)C1CCCN(C(=O)c2ccc(-c3cn[nH]c3)nc2)C1. The molecule has 1 saturated heterocycles. The molecular weight excluding hydrogens is 316 g/mol. The maximum absolute atomic E-state index is 12.7. The Morgan fingerprint density at radius 2 is 2.16 bits per heavy atom. The van der Waals surface area contributed by atoms with Crippen molar-refractivity contribution < 1.29 is 9.59 Å². The Morgan fingerprint density at radius 3 is 2.80 bits per heavy atom. The van der Waals surface area contributed by atoms with Gasteiger partial charge in [0.15, 0.2) is 0 Å². The van der Waals surface area contributed by atoms with E-state index in [4.69, 9.17) is 0 Å². The number of H-pyrrole nitrogens is 1. The normalized spacial score (nSPS) is 17.7.